The molecule has 0 fully saturated rings. The van der Waals surface area contributed by atoms with E-state index in [-0.39, 0.29) is 44.1 Å². The predicted molar refractivity (Wildman–Crippen MR) is 141 cm³/mol. The second-order valence-electron chi connectivity index (χ2n) is 9.08. The molecule has 1 unspecified atom stereocenters. The van der Waals surface area contributed by atoms with E-state index >= 15 is 0 Å². The molecule has 0 aliphatic rings. The zero-order chi connectivity index (χ0) is 30.1. The van der Waals surface area contributed by atoms with Crippen LogP contribution in [0.3, 0.4) is 0 Å². The fourth-order valence-electron chi connectivity index (χ4n) is 3.83. The Labute approximate surface area is 236 Å². The van der Waals surface area contributed by atoms with Gasteiger partial charge in [0.25, 0.3) is 11.5 Å². The van der Waals surface area contributed by atoms with Crippen LogP contribution in [0.4, 0.5) is 23.2 Å². The number of nitrogens with zero attached hydrogens (tertiary/aromatic N) is 5. The van der Waals surface area contributed by atoms with Crippen LogP contribution in [0.1, 0.15) is 28.2 Å². The van der Waals surface area contributed by atoms with Gasteiger partial charge in [-0.25, -0.2) is 9.07 Å². The summed E-state index contributed by atoms with van der Waals surface area (Å²) in [4.78, 5) is 41.0. The molecule has 0 saturated heterocycles. The van der Waals surface area contributed by atoms with Crippen molar-refractivity contribution in [2.45, 2.75) is 45.0 Å². The Bertz CT molecular complexity index is 1570. The molecule has 0 bridgehead atoms. The quantitative estimate of drug-likeness (QED) is 0.243. The van der Waals surface area contributed by atoms with Crippen molar-refractivity contribution < 1.29 is 31.9 Å². The summed E-state index contributed by atoms with van der Waals surface area (Å²) in [6.07, 6.45) is -1.99. The number of hydrogen-bond acceptors (Lipinski definition) is 7. The Morgan fingerprint density at radius 3 is 2.64 bits per heavy atom. The standard InChI is InChI=1S/C27H25F4N7O4/c28-19(7-10-37-11-8-21(14-25(37)40)34-24(39)13-20-5-1-2-9-32-20)16-38-17-23(35-36-38)26(41)33-15-18-4-3-6-22(12-18)42-27(29,30)31/h1-6,8-9,11-12,14,17,19H,7,10,13,15-16H2,(H,33,41)(H,34,39). The van der Waals surface area contributed by atoms with E-state index in [2.05, 4.69) is 30.7 Å². The van der Waals surface area contributed by atoms with Gasteiger partial charge in [-0.15, -0.1) is 18.3 Å². The third-order valence-corrected chi connectivity index (χ3v) is 5.77. The Morgan fingerprint density at radius 1 is 1.07 bits per heavy atom. The van der Waals surface area contributed by atoms with Crippen LogP contribution in [-0.2, 0) is 30.8 Å². The van der Waals surface area contributed by atoms with Crippen LogP contribution in [0.2, 0.25) is 0 Å². The monoisotopic (exact) mass is 587 g/mol. The second kappa shape index (κ2) is 13.5. The third kappa shape index (κ3) is 9.25. The fraction of sp³-hybridized carbons (Fsp3) is 0.259. The van der Waals surface area contributed by atoms with Crippen molar-refractivity contribution in [1.82, 2.24) is 29.9 Å². The molecule has 0 radical (unpaired) electrons. The highest BCUT2D eigenvalue weighted by molar-refractivity contribution is 5.92. The average Bonchev–Trinajstić information content (AvgIpc) is 3.39. The molecule has 15 heteroatoms. The Morgan fingerprint density at radius 2 is 1.90 bits per heavy atom. The Balaban J connectivity index is 1.22. The van der Waals surface area contributed by atoms with Gasteiger partial charge in [0.05, 0.1) is 19.2 Å². The summed E-state index contributed by atoms with van der Waals surface area (Å²) in [5, 5.41) is 12.6. The summed E-state index contributed by atoms with van der Waals surface area (Å²) in [5.74, 6) is -1.41. The molecule has 220 valence electrons. The van der Waals surface area contributed by atoms with Crippen LogP contribution in [0.5, 0.6) is 5.75 Å². The first-order valence-electron chi connectivity index (χ1n) is 12.6. The van der Waals surface area contributed by atoms with Crippen molar-refractivity contribution >= 4 is 17.5 Å². The highest BCUT2D eigenvalue weighted by Gasteiger charge is 2.31. The smallest absolute Gasteiger partial charge is 0.406 e. The summed E-state index contributed by atoms with van der Waals surface area (Å²) in [5.41, 5.74) is 0.720. The summed E-state index contributed by atoms with van der Waals surface area (Å²) >= 11 is 0. The van der Waals surface area contributed by atoms with E-state index in [1.807, 2.05) is 0 Å². The number of aromatic nitrogens is 5. The van der Waals surface area contributed by atoms with Gasteiger partial charge in [0.15, 0.2) is 5.69 Å². The van der Waals surface area contributed by atoms with Crippen LogP contribution in [0, 0.1) is 0 Å². The van der Waals surface area contributed by atoms with E-state index < -0.39 is 29.7 Å². The van der Waals surface area contributed by atoms with Crippen molar-refractivity contribution in [3.8, 4) is 5.75 Å². The molecular formula is C27H25F4N7O4. The van der Waals surface area contributed by atoms with Gasteiger partial charge in [-0.1, -0.05) is 23.4 Å². The Kier molecular flexibility index (Phi) is 9.62. The van der Waals surface area contributed by atoms with Gasteiger partial charge in [0, 0.05) is 42.9 Å². The van der Waals surface area contributed by atoms with Crippen LogP contribution >= 0.6 is 0 Å². The van der Waals surface area contributed by atoms with Crippen LogP contribution < -0.4 is 20.9 Å². The number of pyridine rings is 2. The highest BCUT2D eigenvalue weighted by atomic mass is 19.4. The number of hydrogen-bond donors (Lipinski definition) is 2. The minimum atomic E-state index is -4.84. The van der Waals surface area contributed by atoms with E-state index in [0.717, 1.165) is 16.8 Å². The first kappa shape index (κ1) is 29.9. The molecule has 4 rings (SSSR count). The summed E-state index contributed by atoms with van der Waals surface area (Å²) in [6, 6.07) is 13.1. The van der Waals surface area contributed by atoms with Gasteiger partial charge in [0.2, 0.25) is 5.91 Å². The maximum Gasteiger partial charge on any atom is 0.573 e. The number of anilines is 1. The van der Waals surface area contributed by atoms with Crippen LogP contribution in [0.15, 0.2) is 78.0 Å². The largest absolute Gasteiger partial charge is 0.573 e. The number of carbonyl (C=O) groups excluding carboxylic acids is 2. The third-order valence-electron chi connectivity index (χ3n) is 5.77. The summed E-state index contributed by atoms with van der Waals surface area (Å²) < 4.78 is 58.1. The summed E-state index contributed by atoms with van der Waals surface area (Å²) in [6.45, 7) is -0.275. The lowest BCUT2D eigenvalue weighted by molar-refractivity contribution is -0.274. The second-order valence-corrected chi connectivity index (χ2v) is 9.08. The molecule has 3 heterocycles. The van der Waals surface area contributed by atoms with Crippen molar-refractivity contribution in [3.05, 3.63) is 100 Å². The van der Waals surface area contributed by atoms with Gasteiger partial charge < -0.3 is 19.9 Å². The molecule has 0 saturated carbocycles. The molecule has 42 heavy (non-hydrogen) atoms. The zero-order valence-electron chi connectivity index (χ0n) is 21.9. The molecule has 11 nitrogen and oxygen atoms in total. The van der Waals surface area contributed by atoms with Crippen molar-refractivity contribution in [2.24, 2.45) is 0 Å². The number of amides is 2. The maximum atomic E-state index is 14.6. The van der Waals surface area contributed by atoms with Gasteiger partial charge in [-0.3, -0.25) is 19.4 Å². The van der Waals surface area contributed by atoms with Crippen LogP contribution in [0.25, 0.3) is 0 Å². The number of nitrogens with one attached hydrogen (secondary N) is 2. The SMILES string of the molecule is O=C(Cc1ccccn1)Nc1ccn(CCC(F)Cn2cc(C(=O)NCc3cccc(OC(F)(F)F)c3)nn2)c(=O)c1. The van der Waals surface area contributed by atoms with Gasteiger partial charge in [-0.2, -0.15) is 0 Å². The molecule has 0 aliphatic heterocycles. The van der Waals surface area contributed by atoms with Gasteiger partial charge in [0.1, 0.15) is 11.9 Å². The van der Waals surface area contributed by atoms with Crippen molar-refractivity contribution in [2.75, 3.05) is 5.32 Å². The van der Waals surface area contributed by atoms with Gasteiger partial charge >= 0.3 is 6.36 Å². The number of carbonyl (C=O) groups is 2. The molecule has 3 aromatic heterocycles. The fourth-order valence-corrected chi connectivity index (χ4v) is 3.83. The molecule has 2 amide bonds. The highest BCUT2D eigenvalue weighted by Crippen LogP contribution is 2.23. The minimum absolute atomic E-state index is 0.0387. The normalized spacial score (nSPS) is 12.0. The first-order chi connectivity index (χ1) is 20.0. The maximum absolute atomic E-state index is 14.6. The van der Waals surface area contributed by atoms with Gasteiger partial charge in [-0.05, 0) is 42.3 Å². The molecule has 4 aromatic rings. The lowest BCUT2D eigenvalue weighted by Crippen LogP contribution is -2.24. The number of rotatable bonds is 12. The lowest BCUT2D eigenvalue weighted by Gasteiger charge is -2.11. The average molecular weight is 588 g/mol. The first-order valence-corrected chi connectivity index (χ1v) is 12.6. The number of benzene rings is 1. The van der Waals surface area contributed by atoms with Crippen molar-refractivity contribution in [1.29, 1.82) is 0 Å². The molecule has 2 N–H and O–H groups in total. The molecule has 0 spiro atoms. The van der Waals surface area contributed by atoms with E-state index in [9.17, 15) is 31.9 Å². The molecule has 1 atom stereocenters. The van der Waals surface area contributed by atoms with E-state index in [1.54, 1.807) is 24.4 Å². The van der Waals surface area contributed by atoms with E-state index in [1.165, 1.54) is 41.2 Å². The topological polar surface area (TPSA) is 133 Å². The van der Waals surface area contributed by atoms with E-state index in [4.69, 9.17) is 0 Å². The lowest BCUT2D eigenvalue weighted by atomic mass is 10.2. The summed E-state index contributed by atoms with van der Waals surface area (Å²) in [7, 11) is 0. The zero-order valence-corrected chi connectivity index (χ0v) is 21.9. The minimum Gasteiger partial charge on any atom is -0.406 e. The Hall–Kier alpha value is -5.08. The number of alkyl halides is 4. The van der Waals surface area contributed by atoms with E-state index in [0.29, 0.717) is 16.9 Å². The van der Waals surface area contributed by atoms with Crippen LogP contribution in [-0.4, -0.2) is 48.9 Å². The number of halogens is 4. The number of ether oxygens (including phenoxy) is 1. The molecule has 0 aliphatic carbocycles. The van der Waals surface area contributed by atoms with Crippen molar-refractivity contribution in [3.63, 3.8) is 0 Å². The molecule has 1 aromatic carbocycles. The number of aryl methyl sites for hydroxylation is 1. The molecular weight excluding hydrogens is 562 g/mol. The predicted octanol–water partition coefficient (Wildman–Crippen LogP) is 3.27.